The molecule has 2 aromatic rings. The number of hydrogen-bond donors (Lipinski definition) is 0. The first-order valence-corrected chi connectivity index (χ1v) is 12.6. The van der Waals surface area contributed by atoms with Crippen molar-refractivity contribution in [3.63, 3.8) is 0 Å². The van der Waals surface area contributed by atoms with Gasteiger partial charge in [0.2, 0.25) is 11.8 Å². The van der Waals surface area contributed by atoms with E-state index in [0.29, 0.717) is 43.8 Å². The van der Waals surface area contributed by atoms with E-state index in [2.05, 4.69) is 9.97 Å². The Morgan fingerprint density at radius 1 is 1.21 bits per heavy atom. The Morgan fingerprint density at radius 2 is 1.88 bits per heavy atom. The second kappa shape index (κ2) is 10.3. The topological polar surface area (TPSA) is 108 Å². The Labute approximate surface area is 192 Å². The van der Waals surface area contributed by atoms with Gasteiger partial charge in [-0.05, 0) is 38.5 Å². The lowest BCUT2D eigenvalue weighted by atomic mass is 10.1. The molecule has 0 atom stereocenters. The molecule has 0 spiro atoms. The minimum Gasteiger partial charge on any atom is -0.474 e. The molecule has 2 heterocycles. The van der Waals surface area contributed by atoms with Crippen LogP contribution in [0.3, 0.4) is 0 Å². The molecule has 0 unspecified atom stereocenters. The van der Waals surface area contributed by atoms with Crippen molar-refractivity contribution in [1.29, 1.82) is 0 Å². The summed E-state index contributed by atoms with van der Waals surface area (Å²) in [6.07, 6.45) is 3.28. The standard InChI is InChI=1S/C22H28FN3O6S/c1-5-17-20(31-15-8-10-26(11-9-15)22(27)30-14(2)3)24-13-25-21(17)32-19-7-6-16(12-18(19)23)33(4,28)29/h6-7,12-15H,5,8-11H2,1-4H3. The molecule has 1 aliphatic rings. The fourth-order valence-corrected chi connectivity index (χ4v) is 4.00. The lowest BCUT2D eigenvalue weighted by Gasteiger charge is -2.32. The first-order valence-electron chi connectivity index (χ1n) is 10.7. The zero-order chi connectivity index (χ0) is 24.2. The van der Waals surface area contributed by atoms with E-state index in [1.165, 1.54) is 18.5 Å². The van der Waals surface area contributed by atoms with Crippen LogP contribution in [0.4, 0.5) is 9.18 Å². The fourth-order valence-electron chi connectivity index (χ4n) is 3.36. The highest BCUT2D eigenvalue weighted by Crippen LogP contribution is 2.32. The number of hydrogen-bond acceptors (Lipinski definition) is 8. The highest BCUT2D eigenvalue weighted by molar-refractivity contribution is 7.90. The molecule has 0 bridgehead atoms. The number of halogens is 1. The van der Waals surface area contributed by atoms with Crippen LogP contribution in [-0.2, 0) is 21.0 Å². The molecule has 1 amide bonds. The van der Waals surface area contributed by atoms with Crippen molar-refractivity contribution < 1.29 is 31.8 Å². The van der Waals surface area contributed by atoms with Crippen molar-refractivity contribution in [2.75, 3.05) is 19.3 Å². The smallest absolute Gasteiger partial charge is 0.410 e. The molecule has 9 nitrogen and oxygen atoms in total. The maximum atomic E-state index is 14.4. The number of benzene rings is 1. The molecule has 0 aliphatic carbocycles. The summed E-state index contributed by atoms with van der Waals surface area (Å²) in [7, 11) is -3.54. The molecule has 0 radical (unpaired) electrons. The number of likely N-dealkylation sites (tertiary alicyclic amines) is 1. The molecular formula is C22H28FN3O6S. The van der Waals surface area contributed by atoms with Crippen LogP contribution in [0, 0.1) is 5.82 Å². The van der Waals surface area contributed by atoms with Crippen molar-refractivity contribution in [1.82, 2.24) is 14.9 Å². The van der Waals surface area contributed by atoms with Crippen LogP contribution in [0.25, 0.3) is 0 Å². The Bertz CT molecular complexity index is 1100. The van der Waals surface area contributed by atoms with Crippen LogP contribution in [0.15, 0.2) is 29.4 Å². The van der Waals surface area contributed by atoms with Crippen LogP contribution >= 0.6 is 0 Å². The summed E-state index contributed by atoms with van der Waals surface area (Å²) in [6, 6.07) is 3.43. The van der Waals surface area contributed by atoms with Gasteiger partial charge in [0.15, 0.2) is 21.4 Å². The van der Waals surface area contributed by atoms with E-state index in [4.69, 9.17) is 14.2 Å². The summed E-state index contributed by atoms with van der Waals surface area (Å²) >= 11 is 0. The predicted molar refractivity (Wildman–Crippen MR) is 118 cm³/mol. The van der Waals surface area contributed by atoms with Gasteiger partial charge >= 0.3 is 6.09 Å². The quantitative estimate of drug-likeness (QED) is 0.588. The van der Waals surface area contributed by atoms with Gasteiger partial charge < -0.3 is 19.1 Å². The Morgan fingerprint density at radius 3 is 2.45 bits per heavy atom. The monoisotopic (exact) mass is 481 g/mol. The van der Waals surface area contributed by atoms with Gasteiger partial charge in [0.1, 0.15) is 12.4 Å². The lowest BCUT2D eigenvalue weighted by Crippen LogP contribution is -2.42. The van der Waals surface area contributed by atoms with Crippen LogP contribution in [0.2, 0.25) is 0 Å². The third kappa shape index (κ3) is 6.31. The first kappa shape index (κ1) is 24.7. The largest absolute Gasteiger partial charge is 0.474 e. The maximum Gasteiger partial charge on any atom is 0.410 e. The Balaban J connectivity index is 1.71. The zero-order valence-electron chi connectivity index (χ0n) is 19.1. The fraction of sp³-hybridized carbons (Fsp3) is 0.500. The molecular weight excluding hydrogens is 453 g/mol. The van der Waals surface area contributed by atoms with Gasteiger partial charge in [-0.2, -0.15) is 0 Å². The Kier molecular flexibility index (Phi) is 7.72. The number of carbonyl (C=O) groups is 1. The molecule has 1 aromatic carbocycles. The van der Waals surface area contributed by atoms with Crippen molar-refractivity contribution in [2.24, 2.45) is 0 Å². The SMILES string of the molecule is CCc1c(Oc2ccc(S(C)(=O)=O)cc2F)ncnc1OC1CCN(C(=O)OC(C)C)CC1. The lowest BCUT2D eigenvalue weighted by molar-refractivity contribution is 0.0504. The number of sulfone groups is 1. The molecule has 11 heteroatoms. The average Bonchev–Trinajstić information content (AvgIpc) is 2.74. The van der Waals surface area contributed by atoms with Crippen LogP contribution in [0.5, 0.6) is 17.5 Å². The predicted octanol–water partition coefficient (Wildman–Crippen LogP) is 3.76. The molecule has 180 valence electrons. The van der Waals surface area contributed by atoms with Crippen molar-refractivity contribution in [3.8, 4) is 17.5 Å². The zero-order valence-corrected chi connectivity index (χ0v) is 19.9. The summed E-state index contributed by atoms with van der Waals surface area (Å²) in [6.45, 7) is 6.49. The van der Waals surface area contributed by atoms with E-state index >= 15 is 0 Å². The number of rotatable bonds is 7. The highest BCUT2D eigenvalue weighted by Gasteiger charge is 2.27. The van der Waals surface area contributed by atoms with Crippen molar-refractivity contribution in [2.45, 2.75) is 57.1 Å². The van der Waals surface area contributed by atoms with Gasteiger partial charge in [-0.15, -0.1) is 0 Å². The third-order valence-electron chi connectivity index (χ3n) is 5.07. The van der Waals surface area contributed by atoms with Gasteiger partial charge in [0, 0.05) is 32.2 Å². The normalized spacial score (nSPS) is 14.9. The molecule has 0 N–H and O–H groups in total. The minimum absolute atomic E-state index is 0.131. The summed E-state index contributed by atoms with van der Waals surface area (Å²) in [4.78, 5) is 21.9. The summed E-state index contributed by atoms with van der Waals surface area (Å²) in [5.41, 5.74) is 0.561. The number of piperidine rings is 1. The highest BCUT2D eigenvalue weighted by atomic mass is 32.2. The van der Waals surface area contributed by atoms with E-state index in [0.717, 1.165) is 12.3 Å². The van der Waals surface area contributed by atoms with Gasteiger partial charge in [0.05, 0.1) is 16.6 Å². The number of aromatic nitrogens is 2. The first-order chi connectivity index (χ1) is 15.6. The van der Waals surface area contributed by atoms with Gasteiger partial charge in [-0.3, -0.25) is 0 Å². The van der Waals surface area contributed by atoms with Crippen LogP contribution in [0.1, 0.15) is 39.2 Å². The molecule has 1 aromatic heterocycles. The summed E-state index contributed by atoms with van der Waals surface area (Å²) < 4.78 is 54.6. The molecule has 33 heavy (non-hydrogen) atoms. The number of ether oxygens (including phenoxy) is 3. The summed E-state index contributed by atoms with van der Waals surface area (Å²) in [5, 5.41) is 0. The summed E-state index contributed by atoms with van der Waals surface area (Å²) in [5.74, 6) is -0.509. The van der Waals surface area contributed by atoms with E-state index in [1.54, 1.807) is 18.7 Å². The van der Waals surface area contributed by atoms with Crippen molar-refractivity contribution in [3.05, 3.63) is 35.9 Å². The molecule has 1 fully saturated rings. The van der Waals surface area contributed by atoms with Gasteiger partial charge in [-0.25, -0.2) is 27.6 Å². The molecule has 0 saturated carbocycles. The van der Waals surface area contributed by atoms with E-state index < -0.39 is 15.7 Å². The van der Waals surface area contributed by atoms with E-state index in [9.17, 15) is 17.6 Å². The average molecular weight is 482 g/mol. The Hall–Kier alpha value is -2.95. The van der Waals surface area contributed by atoms with Crippen LogP contribution < -0.4 is 9.47 Å². The number of amides is 1. The van der Waals surface area contributed by atoms with Crippen molar-refractivity contribution >= 4 is 15.9 Å². The maximum absolute atomic E-state index is 14.4. The number of nitrogens with zero attached hydrogens (tertiary/aromatic N) is 3. The van der Waals surface area contributed by atoms with Gasteiger partial charge in [-0.1, -0.05) is 6.92 Å². The van der Waals surface area contributed by atoms with E-state index in [-0.39, 0.29) is 34.8 Å². The third-order valence-corrected chi connectivity index (χ3v) is 6.18. The minimum atomic E-state index is -3.54. The molecule has 3 rings (SSSR count). The molecule has 1 saturated heterocycles. The second-order valence-corrected chi connectivity index (χ2v) is 10.0. The van der Waals surface area contributed by atoms with E-state index in [1.807, 2.05) is 6.92 Å². The molecule has 1 aliphatic heterocycles. The van der Waals surface area contributed by atoms with Crippen LogP contribution in [-0.4, -0.2) is 60.9 Å². The second-order valence-electron chi connectivity index (χ2n) is 8.02. The van der Waals surface area contributed by atoms with Gasteiger partial charge in [0.25, 0.3) is 0 Å². The number of carbonyl (C=O) groups excluding carboxylic acids is 1.